The number of hydrogen-bond acceptors (Lipinski definition) is 4. The van der Waals surface area contributed by atoms with E-state index in [0.717, 1.165) is 29.0 Å². The first kappa shape index (κ1) is 12.9. The van der Waals surface area contributed by atoms with Gasteiger partial charge in [0.05, 0.1) is 17.2 Å². The third kappa shape index (κ3) is 2.20. The largest absolute Gasteiger partial charge is 0.454 e. The molecule has 110 valence electrons. The average Bonchev–Trinajstić information content (AvgIpc) is 3.02. The number of fused-ring (bicyclic) bond motifs is 2. The highest BCUT2D eigenvalue weighted by atomic mass is 16.7. The van der Waals surface area contributed by atoms with E-state index in [1.54, 1.807) is 10.9 Å². The molecule has 3 aromatic rings. The van der Waals surface area contributed by atoms with Gasteiger partial charge >= 0.3 is 0 Å². The minimum atomic E-state index is -0.00802. The summed E-state index contributed by atoms with van der Waals surface area (Å²) >= 11 is 0. The summed E-state index contributed by atoms with van der Waals surface area (Å²) in [5.74, 6) is 1.54. The van der Waals surface area contributed by atoms with E-state index < -0.39 is 0 Å². The second kappa shape index (κ2) is 5.18. The van der Waals surface area contributed by atoms with Crippen molar-refractivity contribution in [3.05, 3.63) is 64.7 Å². The number of para-hydroxylation sites is 1. The van der Waals surface area contributed by atoms with Crippen molar-refractivity contribution in [2.45, 2.75) is 13.0 Å². The van der Waals surface area contributed by atoms with E-state index >= 15 is 0 Å². The van der Waals surface area contributed by atoms with Crippen LogP contribution in [-0.4, -0.2) is 16.3 Å². The lowest BCUT2D eigenvalue weighted by Crippen LogP contribution is -2.21. The molecule has 0 aliphatic carbocycles. The highest BCUT2D eigenvalue weighted by molar-refractivity contribution is 5.76. The molecule has 0 fully saturated rings. The van der Waals surface area contributed by atoms with Gasteiger partial charge in [-0.2, -0.15) is 0 Å². The normalized spacial score (nSPS) is 12.7. The molecule has 2 aromatic carbocycles. The van der Waals surface area contributed by atoms with Gasteiger partial charge in [0.15, 0.2) is 11.5 Å². The lowest BCUT2D eigenvalue weighted by Gasteiger charge is -2.07. The Hall–Kier alpha value is -2.82. The molecule has 4 rings (SSSR count). The maximum absolute atomic E-state index is 12.4. The third-order valence-electron chi connectivity index (χ3n) is 3.81. The van der Waals surface area contributed by atoms with Crippen LogP contribution in [0.5, 0.6) is 11.5 Å². The van der Waals surface area contributed by atoms with Crippen molar-refractivity contribution in [2.75, 3.05) is 6.79 Å². The van der Waals surface area contributed by atoms with Crippen LogP contribution >= 0.6 is 0 Å². The number of rotatable bonds is 3. The van der Waals surface area contributed by atoms with Crippen molar-refractivity contribution in [1.82, 2.24) is 9.55 Å². The molecule has 1 aliphatic heterocycles. The SMILES string of the molecule is O=c1c2ccccc2ncn1CCc1ccc2c(c1)OCO2. The Morgan fingerprint density at radius 3 is 2.91 bits per heavy atom. The Morgan fingerprint density at radius 2 is 1.95 bits per heavy atom. The van der Waals surface area contributed by atoms with Gasteiger partial charge < -0.3 is 9.47 Å². The molecule has 0 saturated heterocycles. The van der Waals surface area contributed by atoms with E-state index in [2.05, 4.69) is 4.98 Å². The number of ether oxygens (including phenoxy) is 2. The Kier molecular flexibility index (Phi) is 3.04. The van der Waals surface area contributed by atoms with Gasteiger partial charge in [0, 0.05) is 6.54 Å². The predicted octanol–water partition coefficient (Wildman–Crippen LogP) is 2.37. The maximum atomic E-state index is 12.4. The monoisotopic (exact) mass is 294 g/mol. The van der Waals surface area contributed by atoms with Crippen molar-refractivity contribution in [1.29, 1.82) is 0 Å². The molecule has 0 radical (unpaired) electrons. The summed E-state index contributed by atoms with van der Waals surface area (Å²) in [6.45, 7) is 0.850. The Balaban J connectivity index is 1.59. The van der Waals surface area contributed by atoms with Gasteiger partial charge in [0.25, 0.3) is 5.56 Å². The molecule has 0 bridgehead atoms. The molecule has 0 unspecified atom stereocenters. The van der Waals surface area contributed by atoms with Crippen LogP contribution in [-0.2, 0) is 13.0 Å². The van der Waals surface area contributed by atoms with Crippen LogP contribution in [0, 0.1) is 0 Å². The first-order valence-electron chi connectivity index (χ1n) is 7.14. The van der Waals surface area contributed by atoms with Crippen molar-refractivity contribution < 1.29 is 9.47 Å². The number of nitrogens with zero attached hydrogens (tertiary/aromatic N) is 2. The van der Waals surface area contributed by atoms with Gasteiger partial charge in [-0.25, -0.2) is 4.98 Å². The molecule has 0 amide bonds. The first-order valence-corrected chi connectivity index (χ1v) is 7.14. The lowest BCUT2D eigenvalue weighted by atomic mass is 10.1. The van der Waals surface area contributed by atoms with Gasteiger partial charge in [0.1, 0.15) is 0 Å². The minimum absolute atomic E-state index is 0.00802. The Morgan fingerprint density at radius 1 is 1.09 bits per heavy atom. The van der Waals surface area contributed by atoms with Crippen LogP contribution in [0.15, 0.2) is 53.6 Å². The van der Waals surface area contributed by atoms with Gasteiger partial charge in [-0.1, -0.05) is 18.2 Å². The van der Waals surface area contributed by atoms with Gasteiger partial charge in [0.2, 0.25) is 6.79 Å². The fourth-order valence-corrected chi connectivity index (χ4v) is 2.61. The molecule has 0 spiro atoms. The van der Waals surface area contributed by atoms with Crippen LogP contribution in [0.4, 0.5) is 0 Å². The number of benzene rings is 2. The van der Waals surface area contributed by atoms with Crippen LogP contribution in [0.3, 0.4) is 0 Å². The van der Waals surface area contributed by atoms with E-state index in [4.69, 9.17) is 9.47 Å². The van der Waals surface area contributed by atoms with Gasteiger partial charge in [-0.05, 0) is 36.2 Å². The van der Waals surface area contributed by atoms with Gasteiger partial charge in [-0.15, -0.1) is 0 Å². The molecule has 5 nitrogen and oxygen atoms in total. The lowest BCUT2D eigenvalue weighted by molar-refractivity contribution is 0.174. The summed E-state index contributed by atoms with van der Waals surface area (Å²) < 4.78 is 12.3. The summed E-state index contributed by atoms with van der Waals surface area (Å²) in [7, 11) is 0. The second-order valence-corrected chi connectivity index (χ2v) is 5.20. The maximum Gasteiger partial charge on any atom is 0.261 e. The molecule has 2 heterocycles. The van der Waals surface area contributed by atoms with E-state index in [1.807, 2.05) is 42.5 Å². The number of aromatic nitrogens is 2. The van der Waals surface area contributed by atoms with E-state index in [-0.39, 0.29) is 12.4 Å². The first-order chi connectivity index (χ1) is 10.8. The van der Waals surface area contributed by atoms with E-state index in [9.17, 15) is 4.79 Å². The highest BCUT2D eigenvalue weighted by Crippen LogP contribution is 2.32. The van der Waals surface area contributed by atoms with E-state index in [1.165, 1.54) is 0 Å². The summed E-state index contributed by atoms with van der Waals surface area (Å²) in [5.41, 5.74) is 1.82. The van der Waals surface area contributed by atoms with Crippen molar-refractivity contribution in [3.8, 4) is 11.5 Å². The second-order valence-electron chi connectivity index (χ2n) is 5.20. The summed E-state index contributed by atoms with van der Waals surface area (Å²) in [6, 6.07) is 13.2. The standard InChI is InChI=1S/C17H14N2O3/c20-17-13-3-1-2-4-14(13)18-10-19(17)8-7-12-5-6-15-16(9-12)22-11-21-15/h1-6,9-10H,7-8,11H2. The molecular formula is C17H14N2O3. The van der Waals surface area contributed by atoms with E-state index in [0.29, 0.717) is 11.9 Å². The van der Waals surface area contributed by atoms with Crippen LogP contribution in [0.2, 0.25) is 0 Å². The molecule has 1 aliphatic rings. The zero-order valence-corrected chi connectivity index (χ0v) is 11.9. The average molecular weight is 294 g/mol. The van der Waals surface area contributed by atoms with Gasteiger partial charge in [-0.3, -0.25) is 9.36 Å². The minimum Gasteiger partial charge on any atom is -0.454 e. The molecule has 0 saturated carbocycles. The molecular weight excluding hydrogens is 280 g/mol. The predicted molar refractivity (Wildman–Crippen MR) is 82.3 cm³/mol. The Labute approximate surface area is 126 Å². The summed E-state index contributed by atoms with van der Waals surface area (Å²) in [5, 5.41) is 0.649. The molecule has 0 N–H and O–H groups in total. The fourth-order valence-electron chi connectivity index (χ4n) is 2.61. The molecule has 22 heavy (non-hydrogen) atoms. The quantitative estimate of drug-likeness (QED) is 0.744. The zero-order chi connectivity index (χ0) is 14.9. The number of aryl methyl sites for hydroxylation is 2. The smallest absolute Gasteiger partial charge is 0.261 e. The Bertz CT molecular complexity index is 902. The molecule has 5 heteroatoms. The number of hydrogen-bond donors (Lipinski definition) is 0. The van der Waals surface area contributed by atoms with Crippen LogP contribution in [0.1, 0.15) is 5.56 Å². The highest BCUT2D eigenvalue weighted by Gasteiger charge is 2.13. The fraction of sp³-hybridized carbons (Fsp3) is 0.176. The summed E-state index contributed by atoms with van der Waals surface area (Å²) in [6.07, 6.45) is 2.34. The molecule has 0 atom stereocenters. The zero-order valence-electron chi connectivity index (χ0n) is 11.9. The topological polar surface area (TPSA) is 53.4 Å². The van der Waals surface area contributed by atoms with Crippen LogP contribution < -0.4 is 15.0 Å². The van der Waals surface area contributed by atoms with Crippen molar-refractivity contribution >= 4 is 10.9 Å². The summed E-state index contributed by atoms with van der Waals surface area (Å²) in [4.78, 5) is 16.7. The van der Waals surface area contributed by atoms with Crippen LogP contribution in [0.25, 0.3) is 10.9 Å². The van der Waals surface area contributed by atoms with Crippen molar-refractivity contribution in [2.24, 2.45) is 0 Å². The third-order valence-corrected chi connectivity index (χ3v) is 3.81. The molecule has 1 aromatic heterocycles. The van der Waals surface area contributed by atoms with Crippen molar-refractivity contribution in [3.63, 3.8) is 0 Å².